The lowest BCUT2D eigenvalue weighted by atomic mass is 10.2. The molecule has 0 bridgehead atoms. The molecule has 22 heavy (non-hydrogen) atoms. The molecular weight excluding hydrogens is 352 g/mol. The van der Waals surface area contributed by atoms with Crippen LogP contribution in [0.15, 0.2) is 46.9 Å². The summed E-state index contributed by atoms with van der Waals surface area (Å²) in [6, 6.07) is 12.1. The van der Waals surface area contributed by atoms with E-state index in [9.17, 15) is 9.90 Å². The van der Waals surface area contributed by atoms with Crippen molar-refractivity contribution in [1.29, 1.82) is 0 Å². The van der Waals surface area contributed by atoms with Crippen molar-refractivity contribution in [3.8, 4) is 17.2 Å². The Balaban J connectivity index is 1.96. The van der Waals surface area contributed by atoms with E-state index in [2.05, 4.69) is 15.9 Å². The number of carboxylic acids is 1. The van der Waals surface area contributed by atoms with E-state index in [1.165, 1.54) is 13.2 Å². The van der Waals surface area contributed by atoms with Crippen LogP contribution in [0.4, 0.5) is 0 Å². The van der Waals surface area contributed by atoms with Gasteiger partial charge in [-0.1, -0.05) is 22.0 Å². The molecule has 1 N–H and O–H groups in total. The fraction of sp³-hybridized carbons (Fsp3) is 0.188. The van der Waals surface area contributed by atoms with Crippen molar-refractivity contribution >= 4 is 21.9 Å². The highest BCUT2D eigenvalue weighted by Gasteiger charge is 2.16. The maximum absolute atomic E-state index is 11.2. The Bertz CT molecular complexity index is 639. The summed E-state index contributed by atoms with van der Waals surface area (Å²) in [5.41, 5.74) is 0.0583. The van der Waals surface area contributed by atoms with Crippen LogP contribution >= 0.6 is 15.9 Å². The van der Waals surface area contributed by atoms with Crippen LogP contribution in [-0.2, 0) is 0 Å². The number of benzene rings is 2. The number of rotatable bonds is 7. The maximum Gasteiger partial charge on any atom is 0.339 e. The van der Waals surface area contributed by atoms with Crippen molar-refractivity contribution in [3.63, 3.8) is 0 Å². The molecule has 0 saturated carbocycles. The third-order valence-electron chi connectivity index (χ3n) is 2.84. The Labute approximate surface area is 136 Å². The van der Waals surface area contributed by atoms with Crippen molar-refractivity contribution < 1.29 is 24.1 Å². The first-order valence-electron chi connectivity index (χ1n) is 6.53. The molecule has 5 nitrogen and oxygen atoms in total. The Morgan fingerprint density at radius 2 is 1.77 bits per heavy atom. The molecule has 116 valence electrons. The summed E-state index contributed by atoms with van der Waals surface area (Å²) < 4.78 is 17.1. The Kier molecular flexibility index (Phi) is 5.66. The second kappa shape index (κ2) is 7.70. The van der Waals surface area contributed by atoms with Gasteiger partial charge in [0.25, 0.3) is 0 Å². The molecule has 0 aliphatic rings. The van der Waals surface area contributed by atoms with Crippen LogP contribution < -0.4 is 14.2 Å². The molecule has 0 fully saturated rings. The van der Waals surface area contributed by atoms with Crippen LogP contribution in [0.1, 0.15) is 10.4 Å². The van der Waals surface area contributed by atoms with Gasteiger partial charge in [0.2, 0.25) is 0 Å². The number of aromatic carboxylic acids is 1. The minimum absolute atomic E-state index is 0.0583. The van der Waals surface area contributed by atoms with Gasteiger partial charge >= 0.3 is 5.97 Å². The molecule has 0 radical (unpaired) electrons. The molecule has 2 rings (SSSR count). The van der Waals surface area contributed by atoms with E-state index in [1.807, 2.05) is 24.3 Å². The van der Waals surface area contributed by atoms with E-state index in [0.29, 0.717) is 18.1 Å². The Morgan fingerprint density at radius 3 is 2.41 bits per heavy atom. The van der Waals surface area contributed by atoms with E-state index < -0.39 is 5.97 Å². The van der Waals surface area contributed by atoms with Gasteiger partial charge in [-0.2, -0.15) is 0 Å². The van der Waals surface area contributed by atoms with Crippen LogP contribution in [0, 0.1) is 0 Å². The summed E-state index contributed by atoms with van der Waals surface area (Å²) in [5.74, 6) is 0.230. The minimum Gasteiger partial charge on any atom is -0.493 e. The largest absolute Gasteiger partial charge is 0.493 e. The quantitative estimate of drug-likeness (QED) is 0.758. The number of hydrogen-bond acceptors (Lipinski definition) is 4. The number of ether oxygens (including phenoxy) is 3. The summed E-state index contributed by atoms with van der Waals surface area (Å²) in [4.78, 5) is 11.2. The predicted octanol–water partition coefficient (Wildman–Crippen LogP) is 3.61. The SMILES string of the molecule is COc1cccc(C(=O)O)c1OCCOc1ccc(Br)cc1. The lowest BCUT2D eigenvalue weighted by molar-refractivity contribution is 0.0690. The van der Waals surface area contributed by atoms with Gasteiger partial charge in [0.05, 0.1) is 7.11 Å². The van der Waals surface area contributed by atoms with Gasteiger partial charge in [-0.15, -0.1) is 0 Å². The zero-order valence-electron chi connectivity index (χ0n) is 11.9. The highest BCUT2D eigenvalue weighted by molar-refractivity contribution is 9.10. The van der Waals surface area contributed by atoms with Crippen molar-refractivity contribution in [2.24, 2.45) is 0 Å². The lowest BCUT2D eigenvalue weighted by Gasteiger charge is -2.13. The zero-order valence-corrected chi connectivity index (χ0v) is 13.5. The first kappa shape index (κ1) is 16.2. The topological polar surface area (TPSA) is 65.0 Å². The predicted molar refractivity (Wildman–Crippen MR) is 85.1 cm³/mol. The van der Waals surface area contributed by atoms with E-state index in [-0.39, 0.29) is 17.9 Å². The minimum atomic E-state index is -1.07. The Hall–Kier alpha value is -2.21. The summed E-state index contributed by atoms with van der Waals surface area (Å²) in [7, 11) is 1.46. The fourth-order valence-electron chi connectivity index (χ4n) is 1.83. The average molecular weight is 367 g/mol. The van der Waals surface area contributed by atoms with Gasteiger partial charge in [-0.3, -0.25) is 0 Å². The van der Waals surface area contributed by atoms with Crippen molar-refractivity contribution in [1.82, 2.24) is 0 Å². The summed E-state index contributed by atoms with van der Waals surface area (Å²) in [6.45, 7) is 0.495. The molecule has 0 heterocycles. The maximum atomic E-state index is 11.2. The van der Waals surface area contributed by atoms with Crippen LogP contribution in [0.5, 0.6) is 17.2 Å². The van der Waals surface area contributed by atoms with E-state index in [1.54, 1.807) is 12.1 Å². The van der Waals surface area contributed by atoms with Crippen molar-refractivity contribution in [3.05, 3.63) is 52.5 Å². The number of carbonyl (C=O) groups is 1. The Morgan fingerprint density at radius 1 is 1.09 bits per heavy atom. The lowest BCUT2D eigenvalue weighted by Crippen LogP contribution is -2.12. The monoisotopic (exact) mass is 366 g/mol. The van der Waals surface area contributed by atoms with E-state index >= 15 is 0 Å². The summed E-state index contributed by atoms with van der Waals surface area (Å²) in [6.07, 6.45) is 0. The molecule has 0 atom stereocenters. The molecule has 0 aromatic heterocycles. The second-order valence-corrected chi connectivity index (χ2v) is 5.21. The first-order chi connectivity index (χ1) is 10.6. The van der Waals surface area contributed by atoms with Crippen molar-refractivity contribution in [2.75, 3.05) is 20.3 Å². The third-order valence-corrected chi connectivity index (χ3v) is 3.37. The molecule has 0 amide bonds. The second-order valence-electron chi connectivity index (χ2n) is 4.29. The third kappa shape index (κ3) is 4.14. The summed E-state index contributed by atoms with van der Waals surface area (Å²) >= 11 is 3.35. The van der Waals surface area contributed by atoms with Gasteiger partial charge in [0.1, 0.15) is 24.5 Å². The molecule has 0 spiro atoms. The van der Waals surface area contributed by atoms with Crippen LogP contribution in [-0.4, -0.2) is 31.4 Å². The standard InChI is InChI=1S/C16H15BrO5/c1-20-14-4-2-3-13(16(18)19)15(14)22-10-9-21-12-7-5-11(17)6-8-12/h2-8H,9-10H2,1H3,(H,18,19). The van der Waals surface area contributed by atoms with Crippen LogP contribution in [0.2, 0.25) is 0 Å². The first-order valence-corrected chi connectivity index (χ1v) is 7.32. The fourth-order valence-corrected chi connectivity index (χ4v) is 2.09. The molecule has 6 heteroatoms. The number of para-hydroxylation sites is 1. The van der Waals surface area contributed by atoms with E-state index in [0.717, 1.165) is 4.47 Å². The van der Waals surface area contributed by atoms with Crippen molar-refractivity contribution in [2.45, 2.75) is 0 Å². The molecular formula is C16H15BrO5. The smallest absolute Gasteiger partial charge is 0.339 e. The summed E-state index contributed by atoms with van der Waals surface area (Å²) in [5, 5.41) is 9.17. The number of methoxy groups -OCH3 is 1. The van der Waals surface area contributed by atoms with Gasteiger partial charge in [-0.25, -0.2) is 4.79 Å². The molecule has 0 aliphatic heterocycles. The molecule has 2 aromatic rings. The normalized spacial score (nSPS) is 10.1. The highest BCUT2D eigenvalue weighted by Crippen LogP contribution is 2.31. The number of halogens is 1. The number of hydrogen-bond donors (Lipinski definition) is 1. The van der Waals surface area contributed by atoms with Gasteiger partial charge in [-0.05, 0) is 36.4 Å². The van der Waals surface area contributed by atoms with Crippen LogP contribution in [0.3, 0.4) is 0 Å². The molecule has 0 unspecified atom stereocenters. The van der Waals surface area contributed by atoms with Crippen LogP contribution in [0.25, 0.3) is 0 Å². The highest BCUT2D eigenvalue weighted by atomic mass is 79.9. The molecule has 0 aliphatic carbocycles. The number of carboxylic acid groups (broad SMARTS) is 1. The average Bonchev–Trinajstić information content (AvgIpc) is 2.53. The van der Waals surface area contributed by atoms with Gasteiger partial charge in [0, 0.05) is 4.47 Å². The zero-order chi connectivity index (χ0) is 15.9. The van der Waals surface area contributed by atoms with Gasteiger partial charge in [0.15, 0.2) is 11.5 Å². The van der Waals surface area contributed by atoms with Gasteiger partial charge < -0.3 is 19.3 Å². The van der Waals surface area contributed by atoms with E-state index in [4.69, 9.17) is 14.2 Å². The molecule has 0 saturated heterocycles. The molecule has 2 aromatic carbocycles.